The molecule has 1 heterocycles. The van der Waals surface area contributed by atoms with Gasteiger partial charge in [-0.25, -0.2) is 12.8 Å². The first-order chi connectivity index (χ1) is 10.9. The van der Waals surface area contributed by atoms with Crippen LogP contribution in [0.1, 0.15) is 23.2 Å². The maximum atomic E-state index is 12.8. The molecule has 1 aliphatic rings. The highest BCUT2D eigenvalue weighted by Gasteiger charge is 2.24. The van der Waals surface area contributed by atoms with Crippen molar-refractivity contribution in [2.45, 2.75) is 18.9 Å². The lowest BCUT2D eigenvalue weighted by Crippen LogP contribution is -2.41. The van der Waals surface area contributed by atoms with Gasteiger partial charge < -0.3 is 10.1 Å². The number of hydrogen-bond acceptors (Lipinski definition) is 4. The molecule has 1 N–H and O–H groups in total. The summed E-state index contributed by atoms with van der Waals surface area (Å²) in [5, 5.41) is 2.64. The Bertz CT molecular complexity index is 627. The van der Waals surface area contributed by atoms with E-state index < -0.39 is 15.8 Å². The monoisotopic (exact) mass is 344 g/mol. The van der Waals surface area contributed by atoms with Crippen LogP contribution < -0.4 is 5.32 Å². The van der Waals surface area contributed by atoms with E-state index >= 15 is 0 Å². The van der Waals surface area contributed by atoms with Crippen molar-refractivity contribution >= 4 is 15.9 Å². The lowest BCUT2D eigenvalue weighted by Gasteiger charge is -2.23. The van der Waals surface area contributed by atoms with Gasteiger partial charge in [-0.15, -0.1) is 0 Å². The minimum absolute atomic E-state index is 0.0856. The molecule has 1 aromatic rings. The quantitative estimate of drug-likeness (QED) is 0.801. The second kappa shape index (κ2) is 7.85. The summed E-state index contributed by atoms with van der Waals surface area (Å²) in [6.07, 6.45) is 2.83. The van der Waals surface area contributed by atoms with Crippen LogP contribution in [-0.2, 0) is 14.8 Å². The number of hydrogen-bond donors (Lipinski definition) is 1. The normalized spacial score (nSPS) is 18.3. The predicted molar refractivity (Wildman–Crippen MR) is 84.1 cm³/mol. The standard InChI is InChI=1S/C15H21FN2O4S/c1-23(20,21)18(11-14-3-2-10-22-14)9-8-17-15(19)12-4-6-13(16)7-5-12/h4-7,14H,2-3,8-11H2,1H3,(H,17,19). The summed E-state index contributed by atoms with van der Waals surface area (Å²) in [6, 6.07) is 5.17. The van der Waals surface area contributed by atoms with E-state index in [1.165, 1.54) is 28.6 Å². The van der Waals surface area contributed by atoms with Gasteiger partial charge in [-0.05, 0) is 37.1 Å². The van der Waals surface area contributed by atoms with Crippen molar-refractivity contribution in [1.29, 1.82) is 0 Å². The minimum atomic E-state index is -3.37. The van der Waals surface area contributed by atoms with Gasteiger partial charge in [0, 0.05) is 31.8 Å². The largest absolute Gasteiger partial charge is 0.377 e. The van der Waals surface area contributed by atoms with Crippen molar-refractivity contribution in [3.05, 3.63) is 35.6 Å². The van der Waals surface area contributed by atoms with Crippen LogP contribution in [0.4, 0.5) is 4.39 Å². The molecule has 0 spiro atoms. The van der Waals surface area contributed by atoms with E-state index in [9.17, 15) is 17.6 Å². The molecule has 23 heavy (non-hydrogen) atoms. The Hall–Kier alpha value is -1.51. The second-order valence-electron chi connectivity index (χ2n) is 5.52. The number of sulfonamides is 1. The molecule has 0 aliphatic carbocycles. The van der Waals surface area contributed by atoms with Crippen molar-refractivity contribution in [3.8, 4) is 0 Å². The van der Waals surface area contributed by atoms with Gasteiger partial charge in [-0.2, -0.15) is 4.31 Å². The Labute approximate surface area is 135 Å². The summed E-state index contributed by atoms with van der Waals surface area (Å²) in [4.78, 5) is 11.9. The van der Waals surface area contributed by atoms with Gasteiger partial charge in [0.2, 0.25) is 10.0 Å². The zero-order valence-electron chi connectivity index (χ0n) is 13.0. The summed E-state index contributed by atoms with van der Waals surface area (Å²) >= 11 is 0. The van der Waals surface area contributed by atoms with Crippen molar-refractivity contribution in [1.82, 2.24) is 9.62 Å². The first-order valence-corrected chi connectivity index (χ1v) is 9.31. The van der Waals surface area contributed by atoms with Gasteiger partial charge in [-0.1, -0.05) is 0 Å². The number of nitrogens with one attached hydrogen (secondary N) is 1. The highest BCUT2D eigenvalue weighted by atomic mass is 32.2. The molecule has 128 valence electrons. The highest BCUT2D eigenvalue weighted by molar-refractivity contribution is 7.88. The van der Waals surface area contributed by atoms with Gasteiger partial charge >= 0.3 is 0 Å². The Morgan fingerprint density at radius 2 is 2.09 bits per heavy atom. The third-order valence-electron chi connectivity index (χ3n) is 3.65. The summed E-state index contributed by atoms with van der Waals surface area (Å²) in [5.74, 6) is -0.781. The molecule has 1 saturated heterocycles. The molecule has 1 atom stereocenters. The van der Waals surface area contributed by atoms with Crippen molar-refractivity contribution in [2.24, 2.45) is 0 Å². The van der Waals surface area contributed by atoms with Crippen LogP contribution in [0.2, 0.25) is 0 Å². The molecule has 6 nitrogen and oxygen atoms in total. The number of ether oxygens (including phenoxy) is 1. The molecule has 1 aromatic carbocycles. The number of amides is 1. The predicted octanol–water partition coefficient (Wildman–Crippen LogP) is 0.996. The van der Waals surface area contributed by atoms with E-state index in [0.29, 0.717) is 18.7 Å². The van der Waals surface area contributed by atoms with Gasteiger partial charge in [0.25, 0.3) is 5.91 Å². The second-order valence-corrected chi connectivity index (χ2v) is 7.50. The van der Waals surface area contributed by atoms with E-state index in [-0.39, 0.29) is 25.1 Å². The number of carbonyl (C=O) groups is 1. The molecule has 1 unspecified atom stereocenters. The minimum Gasteiger partial charge on any atom is -0.377 e. The van der Waals surface area contributed by atoms with Crippen molar-refractivity contribution in [2.75, 3.05) is 32.5 Å². The van der Waals surface area contributed by atoms with Crippen LogP contribution >= 0.6 is 0 Å². The van der Waals surface area contributed by atoms with Crippen LogP contribution in [0.15, 0.2) is 24.3 Å². The first-order valence-electron chi connectivity index (χ1n) is 7.47. The molecule has 0 aromatic heterocycles. The van der Waals surface area contributed by atoms with Gasteiger partial charge in [-0.3, -0.25) is 4.79 Å². The number of halogens is 1. The molecule has 0 radical (unpaired) electrons. The highest BCUT2D eigenvalue weighted by Crippen LogP contribution is 2.14. The maximum absolute atomic E-state index is 12.8. The smallest absolute Gasteiger partial charge is 0.251 e. The molecule has 1 aliphatic heterocycles. The fraction of sp³-hybridized carbons (Fsp3) is 0.533. The molecular weight excluding hydrogens is 323 g/mol. The van der Waals surface area contributed by atoms with E-state index in [0.717, 1.165) is 19.1 Å². The molecular formula is C15H21FN2O4S. The summed E-state index contributed by atoms with van der Waals surface area (Å²) < 4.78 is 43.2. The summed E-state index contributed by atoms with van der Waals surface area (Å²) in [6.45, 7) is 1.30. The fourth-order valence-corrected chi connectivity index (χ4v) is 3.27. The maximum Gasteiger partial charge on any atom is 0.251 e. The lowest BCUT2D eigenvalue weighted by molar-refractivity contribution is 0.0911. The van der Waals surface area contributed by atoms with Crippen LogP contribution in [-0.4, -0.2) is 57.2 Å². The van der Waals surface area contributed by atoms with E-state index in [1.807, 2.05) is 0 Å². The van der Waals surface area contributed by atoms with Gasteiger partial charge in [0.1, 0.15) is 5.82 Å². The number of rotatable bonds is 7. The van der Waals surface area contributed by atoms with E-state index in [1.54, 1.807) is 0 Å². The zero-order chi connectivity index (χ0) is 16.9. The summed E-state index contributed by atoms with van der Waals surface area (Å²) in [7, 11) is -3.37. The molecule has 1 fully saturated rings. The van der Waals surface area contributed by atoms with E-state index in [2.05, 4.69) is 5.32 Å². The average Bonchev–Trinajstić information content (AvgIpc) is 2.99. The first kappa shape index (κ1) is 17.8. The molecule has 0 bridgehead atoms. The van der Waals surface area contributed by atoms with Gasteiger partial charge in [0.05, 0.1) is 12.4 Å². The Balaban J connectivity index is 1.85. The van der Waals surface area contributed by atoms with Crippen molar-refractivity contribution < 1.29 is 22.3 Å². The number of benzene rings is 1. The molecule has 0 saturated carbocycles. The Morgan fingerprint density at radius 1 is 1.39 bits per heavy atom. The average molecular weight is 344 g/mol. The Morgan fingerprint density at radius 3 is 2.65 bits per heavy atom. The number of nitrogens with zero attached hydrogens (tertiary/aromatic N) is 1. The third kappa shape index (κ3) is 5.56. The van der Waals surface area contributed by atoms with Crippen molar-refractivity contribution in [3.63, 3.8) is 0 Å². The molecule has 1 amide bonds. The van der Waals surface area contributed by atoms with Crippen LogP contribution in [0.25, 0.3) is 0 Å². The Kier molecular flexibility index (Phi) is 6.09. The van der Waals surface area contributed by atoms with Crippen LogP contribution in [0, 0.1) is 5.82 Å². The summed E-state index contributed by atoms with van der Waals surface area (Å²) in [5.41, 5.74) is 0.330. The zero-order valence-corrected chi connectivity index (χ0v) is 13.8. The topological polar surface area (TPSA) is 75.7 Å². The van der Waals surface area contributed by atoms with Gasteiger partial charge in [0.15, 0.2) is 0 Å². The molecule has 8 heteroatoms. The van der Waals surface area contributed by atoms with Crippen LogP contribution in [0.3, 0.4) is 0 Å². The van der Waals surface area contributed by atoms with Crippen LogP contribution in [0.5, 0.6) is 0 Å². The lowest BCUT2D eigenvalue weighted by atomic mass is 10.2. The van der Waals surface area contributed by atoms with E-state index in [4.69, 9.17) is 4.74 Å². The fourth-order valence-electron chi connectivity index (χ4n) is 2.41. The molecule has 2 rings (SSSR count). The SMILES string of the molecule is CS(=O)(=O)N(CCNC(=O)c1ccc(F)cc1)CC1CCCO1. The third-order valence-corrected chi connectivity index (χ3v) is 4.92. The number of carbonyl (C=O) groups excluding carboxylic acids is 1.